The second-order valence-corrected chi connectivity index (χ2v) is 20.9. The van der Waals surface area contributed by atoms with Gasteiger partial charge in [-0.2, -0.15) is 0 Å². The van der Waals surface area contributed by atoms with Gasteiger partial charge in [-0.15, -0.1) is 0 Å². The summed E-state index contributed by atoms with van der Waals surface area (Å²) in [6.45, 7) is 10.8. The smallest absolute Gasteiger partial charge is 0.390 e. The summed E-state index contributed by atoms with van der Waals surface area (Å²) in [6.07, 6.45) is 4.25. The van der Waals surface area contributed by atoms with Crippen LogP contribution in [0.15, 0.2) is 124 Å². The Labute approximate surface area is 316 Å². The van der Waals surface area contributed by atoms with Gasteiger partial charge in [0.15, 0.2) is 0 Å². The molecule has 0 saturated carbocycles. The van der Waals surface area contributed by atoms with Crippen LogP contribution in [0.25, 0.3) is 0 Å². The Morgan fingerprint density at radius 1 is 0.574 bits per heavy atom. The van der Waals surface area contributed by atoms with E-state index in [9.17, 15) is 5.11 Å². The zero-order valence-electron chi connectivity index (χ0n) is 27.3. The first-order valence-electron chi connectivity index (χ1n) is 16.1. The van der Waals surface area contributed by atoms with Gasteiger partial charge >= 0.3 is 11.4 Å². The standard InChI is InChI=1S/C19H22BrN.C13H19NO.C6H5Br.Al.3ClH/c1-19(17-7-9-18(20)10-8-17)11-13-21(14-12-19)15-16-5-3-2-4-6-16;1-13(15)7-9-14(10-8-13)11-12-5-3-2-4-6-12;7-6-4-2-1-3-5-6;;;;/h2-10H,11-15H2,1H3;2-6,15H,7-11H2,1H3;1-5H;;3*1H/q;;;+3;;;/p-3. The number of hydrogen-bond donors (Lipinski definition) is 1. The van der Waals surface area contributed by atoms with Crippen molar-refractivity contribution in [1.29, 1.82) is 0 Å². The van der Waals surface area contributed by atoms with Crippen molar-refractivity contribution >= 4 is 73.4 Å². The average Bonchev–Trinajstić information content (AvgIpc) is 3.05. The lowest BCUT2D eigenvalue weighted by molar-refractivity contribution is -0.00730. The van der Waals surface area contributed by atoms with Crippen molar-refractivity contribution in [3.8, 4) is 0 Å². The van der Waals surface area contributed by atoms with Gasteiger partial charge in [0, 0.05) is 35.1 Å². The normalized spacial score (nSPS) is 17.0. The summed E-state index contributed by atoms with van der Waals surface area (Å²) in [5, 5.41) is 9.83. The maximum atomic E-state index is 9.83. The van der Waals surface area contributed by atoms with Crippen LogP contribution < -0.4 is 0 Å². The van der Waals surface area contributed by atoms with Gasteiger partial charge in [-0.1, -0.05) is 130 Å². The van der Waals surface area contributed by atoms with Gasteiger partial charge in [-0.05, 0) is 92.1 Å². The predicted octanol–water partition coefficient (Wildman–Crippen LogP) is 11.2. The quantitative estimate of drug-likeness (QED) is 0.203. The van der Waals surface area contributed by atoms with Crippen LogP contribution >= 0.6 is 62.0 Å². The van der Waals surface area contributed by atoms with E-state index in [4.69, 9.17) is 30.1 Å². The van der Waals surface area contributed by atoms with Crippen molar-refractivity contribution < 1.29 is 5.11 Å². The summed E-state index contributed by atoms with van der Waals surface area (Å²) < 4.78 is 2.30. The number of aliphatic hydroxyl groups is 1. The van der Waals surface area contributed by atoms with E-state index in [1.165, 1.54) is 42.6 Å². The van der Waals surface area contributed by atoms with Crippen molar-refractivity contribution in [3.63, 3.8) is 0 Å². The van der Waals surface area contributed by atoms with E-state index in [2.05, 4.69) is 127 Å². The lowest BCUT2D eigenvalue weighted by atomic mass is 9.74. The Kier molecular flexibility index (Phi) is 18.4. The Bertz CT molecular complexity index is 1380. The molecule has 2 fully saturated rings. The molecule has 2 aliphatic rings. The molecule has 9 heteroatoms. The highest BCUT2D eigenvalue weighted by molar-refractivity contribution is 9.10. The molecule has 47 heavy (non-hydrogen) atoms. The van der Waals surface area contributed by atoms with Crippen LogP contribution in [-0.2, 0) is 18.5 Å². The van der Waals surface area contributed by atoms with Gasteiger partial charge in [-0.3, -0.25) is 9.80 Å². The molecule has 0 aliphatic carbocycles. The first kappa shape index (κ1) is 40.6. The molecule has 4 aromatic rings. The fraction of sp³-hybridized carbons (Fsp3) is 0.368. The number of likely N-dealkylation sites (tertiary alicyclic amines) is 2. The molecule has 3 nitrogen and oxygen atoms in total. The molecule has 0 spiro atoms. The number of nitrogens with zero attached hydrogens (tertiary/aromatic N) is 2. The summed E-state index contributed by atoms with van der Waals surface area (Å²) in [7, 11) is 14.8. The van der Waals surface area contributed by atoms with Gasteiger partial charge in [-0.25, -0.2) is 30.1 Å². The lowest BCUT2D eigenvalue weighted by Gasteiger charge is -2.40. The SMILES string of the molecule is Brc1ccccc1.CC1(O)CCN(Cc2ccccc2)CC1.CC1(c2ccc(Br)cc2)CCN(Cc2ccccc2)CC1.[Cl][Al]([Cl])[Cl]. The minimum absolute atomic E-state index is 0.327. The van der Waals surface area contributed by atoms with Crippen LogP contribution in [0.2, 0.25) is 0 Å². The molecular weight excluding hydrogens is 794 g/mol. The maximum absolute atomic E-state index is 9.83. The largest absolute Gasteiger partial charge is 0.643 e. The zero-order chi connectivity index (χ0) is 34.1. The number of piperidine rings is 2. The number of rotatable bonds is 5. The minimum atomic E-state index is -1.72. The molecule has 0 amide bonds. The number of hydrogen-bond acceptors (Lipinski definition) is 3. The second-order valence-electron chi connectivity index (χ2n) is 12.6. The fourth-order valence-electron chi connectivity index (χ4n) is 5.64. The van der Waals surface area contributed by atoms with Crippen LogP contribution in [-0.4, -0.2) is 58.1 Å². The van der Waals surface area contributed by atoms with Crippen molar-refractivity contribution in [2.75, 3.05) is 26.2 Å². The van der Waals surface area contributed by atoms with E-state index in [-0.39, 0.29) is 0 Å². The van der Waals surface area contributed by atoms with Crippen molar-refractivity contribution in [2.24, 2.45) is 0 Å². The summed E-state index contributed by atoms with van der Waals surface area (Å²) >= 11 is 5.11. The molecule has 6 rings (SSSR count). The first-order valence-corrected chi connectivity index (χ1v) is 22.9. The van der Waals surface area contributed by atoms with E-state index in [1.807, 2.05) is 43.3 Å². The summed E-state index contributed by atoms with van der Waals surface area (Å²) in [5.41, 5.74) is 4.15. The van der Waals surface area contributed by atoms with Gasteiger partial charge in [0.2, 0.25) is 0 Å². The van der Waals surface area contributed by atoms with Crippen molar-refractivity contribution in [2.45, 2.75) is 63.6 Å². The summed E-state index contributed by atoms with van der Waals surface area (Å²) in [4.78, 5) is 4.99. The van der Waals surface area contributed by atoms with Crippen molar-refractivity contribution in [3.05, 3.63) is 141 Å². The molecular formula is C38H46AlBr2Cl3N2O. The summed E-state index contributed by atoms with van der Waals surface area (Å²) in [6, 6.07) is 40.2. The van der Waals surface area contributed by atoms with Crippen LogP contribution in [0.4, 0.5) is 0 Å². The molecule has 252 valence electrons. The van der Waals surface area contributed by atoms with Crippen LogP contribution in [0, 0.1) is 0 Å². The first-order chi connectivity index (χ1) is 22.4. The molecule has 0 atom stereocenters. The molecule has 0 aromatic heterocycles. The van der Waals surface area contributed by atoms with E-state index in [1.54, 1.807) is 0 Å². The zero-order valence-corrected chi connectivity index (χ0v) is 33.9. The highest BCUT2D eigenvalue weighted by atomic mass is 79.9. The molecule has 2 saturated heterocycles. The number of benzene rings is 4. The third-order valence-electron chi connectivity index (χ3n) is 8.67. The molecule has 4 aromatic carbocycles. The number of halogens is 5. The van der Waals surface area contributed by atoms with Gasteiger partial charge in [0.05, 0.1) is 5.60 Å². The van der Waals surface area contributed by atoms with E-state index < -0.39 is 17.0 Å². The Balaban J connectivity index is 0.000000200. The Morgan fingerprint density at radius 2 is 0.915 bits per heavy atom. The van der Waals surface area contributed by atoms with Gasteiger partial charge in [0.1, 0.15) is 0 Å². The third kappa shape index (κ3) is 16.6. The van der Waals surface area contributed by atoms with Gasteiger partial charge < -0.3 is 5.11 Å². The average molecular weight is 840 g/mol. The Morgan fingerprint density at radius 3 is 1.28 bits per heavy atom. The van der Waals surface area contributed by atoms with E-state index in [0.717, 1.165) is 48.0 Å². The van der Waals surface area contributed by atoms with Crippen LogP contribution in [0.5, 0.6) is 0 Å². The molecule has 0 bridgehead atoms. The molecule has 2 aliphatic heterocycles. The highest BCUT2D eigenvalue weighted by Crippen LogP contribution is 2.36. The summed E-state index contributed by atoms with van der Waals surface area (Å²) in [5.74, 6) is 0. The monoisotopic (exact) mass is 836 g/mol. The van der Waals surface area contributed by atoms with Crippen LogP contribution in [0.1, 0.15) is 56.2 Å². The van der Waals surface area contributed by atoms with Crippen LogP contribution in [0.3, 0.4) is 0 Å². The molecule has 1 N–H and O–H groups in total. The highest BCUT2D eigenvalue weighted by Gasteiger charge is 2.31. The molecule has 2 heterocycles. The molecule has 0 unspecified atom stereocenters. The minimum Gasteiger partial charge on any atom is -0.390 e. The predicted molar refractivity (Wildman–Crippen MR) is 211 cm³/mol. The van der Waals surface area contributed by atoms with E-state index in [0.29, 0.717) is 5.41 Å². The second kappa shape index (κ2) is 21.4. The Hall–Kier alpha value is -0.878. The fourth-order valence-corrected chi connectivity index (χ4v) is 6.21. The van der Waals surface area contributed by atoms with E-state index >= 15 is 0 Å². The topological polar surface area (TPSA) is 26.7 Å². The maximum Gasteiger partial charge on any atom is 0.643 e. The lowest BCUT2D eigenvalue weighted by Crippen LogP contribution is -2.41. The van der Waals surface area contributed by atoms with Gasteiger partial charge in [0.25, 0.3) is 0 Å². The molecule has 0 radical (unpaired) electrons. The van der Waals surface area contributed by atoms with Crippen molar-refractivity contribution in [1.82, 2.24) is 9.80 Å². The third-order valence-corrected chi connectivity index (χ3v) is 9.72.